The first-order valence-electron chi connectivity index (χ1n) is 2.96. The maximum Gasteiger partial charge on any atom is 0.309 e. The van der Waals surface area contributed by atoms with E-state index in [0.29, 0.717) is 0 Å². The van der Waals surface area contributed by atoms with E-state index in [1.54, 1.807) is 14.1 Å². The standard InChI is InChI=1S/C5H12N2O3/c1-6(2)7(10)4-3-5(8)9/h7H,3-4H2,1-2H3,(H,8,9). The van der Waals surface area contributed by atoms with Crippen LogP contribution in [0.2, 0.25) is 0 Å². The molecule has 0 aliphatic rings. The molecule has 0 spiro atoms. The topological polar surface area (TPSA) is 68.0 Å². The van der Waals surface area contributed by atoms with Crippen molar-refractivity contribution in [2.45, 2.75) is 6.42 Å². The molecule has 1 atom stereocenters. The lowest BCUT2D eigenvalue weighted by Crippen LogP contribution is -3.13. The fraction of sp³-hybridized carbons (Fsp3) is 0.800. The molecule has 0 amide bonds. The lowest BCUT2D eigenvalue weighted by Gasteiger charge is -2.26. The minimum absolute atomic E-state index is 0.0856. The molecule has 0 bridgehead atoms. The number of nitrogens with one attached hydrogen (secondary N) is 1. The summed E-state index contributed by atoms with van der Waals surface area (Å²) in [7, 11) is 3.20. The molecule has 0 aliphatic heterocycles. The van der Waals surface area contributed by atoms with Crippen LogP contribution in [0.25, 0.3) is 0 Å². The Morgan fingerprint density at radius 3 is 2.50 bits per heavy atom. The third kappa shape index (κ3) is 4.25. The third-order valence-corrected chi connectivity index (χ3v) is 1.05. The Balaban J connectivity index is 3.39. The second-order valence-electron chi connectivity index (χ2n) is 2.18. The minimum Gasteiger partial charge on any atom is -0.613 e. The van der Waals surface area contributed by atoms with Crippen LogP contribution < -0.4 is 5.17 Å². The Morgan fingerprint density at radius 2 is 2.20 bits per heavy atom. The van der Waals surface area contributed by atoms with Gasteiger partial charge >= 0.3 is 5.97 Å². The largest absolute Gasteiger partial charge is 0.613 e. The van der Waals surface area contributed by atoms with Crippen LogP contribution in [0.3, 0.4) is 0 Å². The van der Waals surface area contributed by atoms with E-state index in [2.05, 4.69) is 0 Å². The molecule has 0 heterocycles. The number of hydrogen-bond acceptors (Lipinski definition) is 3. The highest BCUT2D eigenvalue weighted by molar-refractivity contribution is 5.66. The summed E-state index contributed by atoms with van der Waals surface area (Å²) in [6.45, 7) is 0.0856. The van der Waals surface area contributed by atoms with Gasteiger partial charge in [-0.1, -0.05) is 0 Å². The van der Waals surface area contributed by atoms with Gasteiger partial charge in [0.1, 0.15) is 6.54 Å². The van der Waals surface area contributed by atoms with Gasteiger partial charge in [0.15, 0.2) is 0 Å². The average Bonchev–Trinajstić information content (AvgIpc) is 1.82. The summed E-state index contributed by atoms with van der Waals surface area (Å²) in [5.41, 5.74) is 0. The zero-order chi connectivity index (χ0) is 8.15. The van der Waals surface area contributed by atoms with Gasteiger partial charge < -0.3 is 10.3 Å². The van der Waals surface area contributed by atoms with Crippen LogP contribution in [0.15, 0.2) is 0 Å². The van der Waals surface area contributed by atoms with E-state index in [0.717, 1.165) is 0 Å². The molecule has 0 aliphatic carbocycles. The number of rotatable bonds is 4. The Hall–Kier alpha value is -0.650. The lowest BCUT2D eigenvalue weighted by molar-refractivity contribution is -0.964. The molecule has 10 heavy (non-hydrogen) atoms. The molecule has 2 N–H and O–H groups in total. The summed E-state index contributed by atoms with van der Waals surface area (Å²) < 4.78 is 0. The number of nitrogens with zero attached hydrogens (tertiary/aromatic N) is 1. The second-order valence-corrected chi connectivity index (χ2v) is 2.18. The van der Waals surface area contributed by atoms with Crippen LogP contribution >= 0.6 is 0 Å². The monoisotopic (exact) mass is 148 g/mol. The predicted molar refractivity (Wildman–Crippen MR) is 35.1 cm³/mol. The molecule has 1 unspecified atom stereocenters. The number of hydroxylamine groups is 1. The van der Waals surface area contributed by atoms with E-state index in [4.69, 9.17) is 5.11 Å². The normalized spacial score (nSPS) is 13.6. The fourth-order valence-corrected chi connectivity index (χ4v) is 0.437. The van der Waals surface area contributed by atoms with E-state index in [9.17, 15) is 10.0 Å². The summed E-state index contributed by atoms with van der Waals surface area (Å²) in [6.07, 6.45) is -0.0863. The summed E-state index contributed by atoms with van der Waals surface area (Å²) >= 11 is 0. The molecule has 0 radical (unpaired) electrons. The molecule has 0 rings (SSSR count). The average molecular weight is 148 g/mol. The van der Waals surface area contributed by atoms with E-state index < -0.39 is 5.97 Å². The molecule has 5 heteroatoms. The van der Waals surface area contributed by atoms with Gasteiger partial charge in [-0.2, -0.15) is 5.01 Å². The van der Waals surface area contributed by atoms with Crippen molar-refractivity contribution >= 4 is 5.97 Å². The number of carboxylic acids is 1. The smallest absolute Gasteiger partial charge is 0.309 e. The first-order valence-corrected chi connectivity index (χ1v) is 2.96. The van der Waals surface area contributed by atoms with E-state index in [-0.39, 0.29) is 18.1 Å². The quantitative estimate of drug-likeness (QED) is 0.467. The first-order chi connectivity index (χ1) is 4.54. The highest BCUT2D eigenvalue weighted by atomic mass is 16.5. The van der Waals surface area contributed by atoms with Crippen molar-refractivity contribution in [1.29, 1.82) is 0 Å². The van der Waals surface area contributed by atoms with Crippen molar-refractivity contribution in [2.75, 3.05) is 20.6 Å². The van der Waals surface area contributed by atoms with Crippen molar-refractivity contribution in [3.8, 4) is 0 Å². The molecule has 0 aromatic rings. The molecule has 0 aromatic heterocycles. The van der Waals surface area contributed by atoms with E-state index in [1.807, 2.05) is 0 Å². The number of aliphatic carboxylic acids is 1. The van der Waals surface area contributed by atoms with Crippen molar-refractivity contribution in [3.63, 3.8) is 0 Å². The second kappa shape index (κ2) is 4.21. The number of carbonyl (C=O) groups is 1. The van der Waals surface area contributed by atoms with Crippen LogP contribution in [0, 0.1) is 5.21 Å². The predicted octanol–water partition coefficient (Wildman–Crippen LogP) is -1.68. The summed E-state index contributed by atoms with van der Waals surface area (Å²) in [5, 5.41) is 20.1. The zero-order valence-corrected chi connectivity index (χ0v) is 6.13. The molecule has 0 saturated carbocycles. The highest BCUT2D eigenvalue weighted by Crippen LogP contribution is 1.70. The molecule has 5 nitrogen and oxygen atoms in total. The Labute approximate surface area is 59.4 Å². The van der Waals surface area contributed by atoms with Crippen LogP contribution in [0.4, 0.5) is 0 Å². The number of carboxylic acid groups (broad SMARTS) is 1. The Morgan fingerprint density at radius 1 is 1.70 bits per heavy atom. The van der Waals surface area contributed by atoms with Gasteiger partial charge in [0.05, 0.1) is 6.42 Å². The molecule has 60 valence electrons. The zero-order valence-electron chi connectivity index (χ0n) is 6.13. The van der Waals surface area contributed by atoms with Crippen molar-refractivity contribution < 1.29 is 15.1 Å². The minimum atomic E-state index is -0.935. The molecule has 0 fully saturated rings. The third-order valence-electron chi connectivity index (χ3n) is 1.05. The van der Waals surface area contributed by atoms with Gasteiger partial charge in [0, 0.05) is 14.1 Å². The van der Waals surface area contributed by atoms with Crippen molar-refractivity contribution in [3.05, 3.63) is 5.21 Å². The summed E-state index contributed by atoms with van der Waals surface area (Å²) in [6, 6.07) is 0. The SMILES string of the molecule is CN(C)[NH+]([O-])CCC(=O)O. The maximum absolute atomic E-state index is 10.7. The molecular formula is C5H12N2O3. The van der Waals surface area contributed by atoms with Crippen LogP contribution in [0.1, 0.15) is 6.42 Å². The Bertz CT molecular complexity index is 115. The lowest BCUT2D eigenvalue weighted by atomic mass is 10.4. The van der Waals surface area contributed by atoms with Gasteiger partial charge in [-0.3, -0.25) is 9.97 Å². The summed E-state index contributed by atoms with van der Waals surface area (Å²) in [5.74, 6) is -0.935. The van der Waals surface area contributed by atoms with Crippen LogP contribution in [0.5, 0.6) is 0 Å². The van der Waals surface area contributed by atoms with Gasteiger partial charge in [-0.15, -0.1) is 0 Å². The number of hydrogen-bond donors (Lipinski definition) is 2. The van der Waals surface area contributed by atoms with Crippen molar-refractivity contribution in [1.82, 2.24) is 5.01 Å². The van der Waals surface area contributed by atoms with E-state index in [1.165, 1.54) is 5.01 Å². The van der Waals surface area contributed by atoms with Crippen molar-refractivity contribution in [2.24, 2.45) is 0 Å². The van der Waals surface area contributed by atoms with Crippen LogP contribution in [-0.2, 0) is 4.79 Å². The van der Waals surface area contributed by atoms with Crippen LogP contribution in [-0.4, -0.2) is 36.7 Å². The van der Waals surface area contributed by atoms with Gasteiger partial charge in [0.25, 0.3) is 0 Å². The Kier molecular flexibility index (Phi) is 3.94. The molecule has 0 saturated heterocycles. The number of quaternary nitrogens is 1. The molecule has 0 aromatic carbocycles. The fourth-order valence-electron chi connectivity index (χ4n) is 0.437. The highest BCUT2D eigenvalue weighted by Gasteiger charge is 2.03. The first kappa shape index (κ1) is 9.35. The van der Waals surface area contributed by atoms with Gasteiger partial charge in [-0.05, 0) is 0 Å². The van der Waals surface area contributed by atoms with E-state index >= 15 is 0 Å². The van der Waals surface area contributed by atoms with Gasteiger partial charge in [0.2, 0.25) is 0 Å². The maximum atomic E-state index is 10.7. The summed E-state index contributed by atoms with van der Waals surface area (Å²) in [4.78, 5) is 9.96. The molecular weight excluding hydrogens is 136 g/mol. The van der Waals surface area contributed by atoms with Gasteiger partial charge in [-0.25, -0.2) is 0 Å².